The van der Waals surface area contributed by atoms with Gasteiger partial charge in [-0.2, -0.15) is 0 Å². The normalized spacial score (nSPS) is 30.2. The molecule has 0 aromatic rings. The van der Waals surface area contributed by atoms with E-state index in [1.165, 1.54) is 6.42 Å². The molecule has 0 radical (unpaired) electrons. The van der Waals surface area contributed by atoms with Crippen molar-refractivity contribution in [3.63, 3.8) is 0 Å². The van der Waals surface area contributed by atoms with E-state index in [2.05, 4.69) is 29.4 Å². The number of nitrogens with one attached hydrogen (secondary N) is 2. The van der Waals surface area contributed by atoms with E-state index in [-0.39, 0.29) is 5.91 Å². The van der Waals surface area contributed by atoms with Gasteiger partial charge >= 0.3 is 0 Å². The van der Waals surface area contributed by atoms with Gasteiger partial charge in [-0.25, -0.2) is 0 Å². The third-order valence-electron chi connectivity index (χ3n) is 3.93. The van der Waals surface area contributed by atoms with Crippen LogP contribution in [-0.2, 0) is 4.79 Å². The van der Waals surface area contributed by atoms with Gasteiger partial charge in [0.1, 0.15) is 0 Å². The number of rotatable bonds is 5. The Morgan fingerprint density at radius 1 is 1.53 bits per heavy atom. The van der Waals surface area contributed by atoms with Crippen LogP contribution in [0, 0.1) is 5.92 Å². The molecule has 2 rings (SSSR count). The summed E-state index contributed by atoms with van der Waals surface area (Å²) in [4.78, 5) is 14.1. The number of hydrogen-bond donors (Lipinski definition) is 2. The van der Waals surface area contributed by atoms with Gasteiger partial charge in [0.05, 0.1) is 6.54 Å². The van der Waals surface area contributed by atoms with E-state index in [1.54, 1.807) is 0 Å². The van der Waals surface area contributed by atoms with Crippen LogP contribution in [0.1, 0.15) is 33.1 Å². The summed E-state index contributed by atoms with van der Waals surface area (Å²) in [5.74, 6) is 0.960. The topological polar surface area (TPSA) is 44.4 Å². The van der Waals surface area contributed by atoms with Crippen molar-refractivity contribution in [1.82, 2.24) is 15.5 Å². The zero-order valence-electron chi connectivity index (χ0n) is 11.0. The molecule has 1 amide bonds. The molecule has 0 saturated carbocycles. The van der Waals surface area contributed by atoms with Crippen molar-refractivity contribution >= 4 is 5.91 Å². The molecule has 2 N–H and O–H groups in total. The van der Waals surface area contributed by atoms with Crippen LogP contribution in [-0.4, -0.2) is 49.1 Å². The lowest BCUT2D eigenvalue weighted by Crippen LogP contribution is -2.41. The maximum absolute atomic E-state index is 11.8. The van der Waals surface area contributed by atoms with Crippen LogP contribution in [0.25, 0.3) is 0 Å². The summed E-state index contributed by atoms with van der Waals surface area (Å²) in [6, 6.07) is 0.948. The van der Waals surface area contributed by atoms with Gasteiger partial charge < -0.3 is 10.6 Å². The molecule has 4 nitrogen and oxygen atoms in total. The second-order valence-corrected chi connectivity index (χ2v) is 5.56. The lowest BCUT2D eigenvalue weighted by Gasteiger charge is -2.18. The molecule has 2 aliphatic heterocycles. The predicted octanol–water partition coefficient (Wildman–Crippen LogP) is 0.585. The Balaban J connectivity index is 1.69. The van der Waals surface area contributed by atoms with E-state index in [0.29, 0.717) is 18.6 Å². The van der Waals surface area contributed by atoms with E-state index < -0.39 is 0 Å². The number of carbonyl (C=O) groups excluding carboxylic acids is 1. The van der Waals surface area contributed by atoms with E-state index >= 15 is 0 Å². The minimum absolute atomic E-state index is 0.186. The van der Waals surface area contributed by atoms with Gasteiger partial charge in [0.25, 0.3) is 0 Å². The second kappa shape index (κ2) is 5.83. The number of nitrogens with zero attached hydrogens (tertiary/aromatic N) is 1. The molecule has 2 fully saturated rings. The minimum atomic E-state index is 0.186. The Morgan fingerprint density at radius 2 is 2.35 bits per heavy atom. The zero-order chi connectivity index (χ0) is 12.3. The van der Waals surface area contributed by atoms with Crippen molar-refractivity contribution in [3.05, 3.63) is 0 Å². The average Bonchev–Trinajstić information content (AvgIpc) is 2.77. The van der Waals surface area contributed by atoms with E-state index in [1.807, 2.05) is 0 Å². The highest BCUT2D eigenvalue weighted by Crippen LogP contribution is 2.23. The molecule has 0 bridgehead atoms. The van der Waals surface area contributed by atoms with Crippen molar-refractivity contribution in [2.45, 2.75) is 45.2 Å². The monoisotopic (exact) mass is 239 g/mol. The van der Waals surface area contributed by atoms with Gasteiger partial charge in [0.2, 0.25) is 5.91 Å². The molecule has 1 unspecified atom stereocenters. The third-order valence-corrected chi connectivity index (χ3v) is 3.93. The van der Waals surface area contributed by atoms with Gasteiger partial charge in [-0.1, -0.05) is 13.3 Å². The molecule has 0 aliphatic carbocycles. The van der Waals surface area contributed by atoms with Gasteiger partial charge in [0, 0.05) is 25.2 Å². The quantitative estimate of drug-likeness (QED) is 0.738. The van der Waals surface area contributed by atoms with Crippen LogP contribution in [0.4, 0.5) is 0 Å². The SMILES string of the molecule is CCCC(C)NC(=O)CN1C[C@@H]2CCN[C@@H]2C1. The highest BCUT2D eigenvalue weighted by atomic mass is 16.2. The van der Waals surface area contributed by atoms with Gasteiger partial charge in [-0.15, -0.1) is 0 Å². The molecule has 2 saturated heterocycles. The Labute approximate surface area is 104 Å². The summed E-state index contributed by atoms with van der Waals surface area (Å²) in [6.45, 7) is 8.09. The first-order chi connectivity index (χ1) is 8.19. The van der Waals surface area contributed by atoms with Crippen LogP contribution in [0.2, 0.25) is 0 Å². The fourth-order valence-electron chi connectivity index (χ4n) is 3.10. The maximum atomic E-state index is 11.8. The summed E-state index contributed by atoms with van der Waals surface area (Å²) in [5.41, 5.74) is 0. The molecule has 0 spiro atoms. The van der Waals surface area contributed by atoms with Gasteiger partial charge in [-0.3, -0.25) is 9.69 Å². The number of amides is 1. The first kappa shape index (κ1) is 12.8. The van der Waals surface area contributed by atoms with Crippen molar-refractivity contribution in [3.8, 4) is 0 Å². The smallest absolute Gasteiger partial charge is 0.234 e. The Morgan fingerprint density at radius 3 is 3.06 bits per heavy atom. The Hall–Kier alpha value is -0.610. The summed E-state index contributed by atoms with van der Waals surface area (Å²) < 4.78 is 0. The summed E-state index contributed by atoms with van der Waals surface area (Å²) in [6.07, 6.45) is 3.47. The summed E-state index contributed by atoms with van der Waals surface area (Å²) in [5, 5.41) is 6.58. The highest BCUT2D eigenvalue weighted by Gasteiger charge is 2.36. The lowest BCUT2D eigenvalue weighted by atomic mass is 10.1. The average molecular weight is 239 g/mol. The molecule has 17 heavy (non-hydrogen) atoms. The Bertz CT molecular complexity index is 257. The highest BCUT2D eigenvalue weighted by molar-refractivity contribution is 5.78. The van der Waals surface area contributed by atoms with Crippen molar-refractivity contribution in [2.24, 2.45) is 5.92 Å². The van der Waals surface area contributed by atoms with Crippen LogP contribution in [0.3, 0.4) is 0 Å². The van der Waals surface area contributed by atoms with E-state index in [0.717, 1.165) is 38.4 Å². The molecule has 3 atom stereocenters. The zero-order valence-corrected chi connectivity index (χ0v) is 11.0. The largest absolute Gasteiger partial charge is 0.353 e. The molecule has 98 valence electrons. The first-order valence-electron chi connectivity index (χ1n) is 6.94. The molecular weight excluding hydrogens is 214 g/mol. The lowest BCUT2D eigenvalue weighted by molar-refractivity contribution is -0.122. The first-order valence-corrected chi connectivity index (χ1v) is 6.94. The van der Waals surface area contributed by atoms with Crippen molar-refractivity contribution in [2.75, 3.05) is 26.2 Å². The third kappa shape index (κ3) is 3.42. The molecule has 0 aromatic heterocycles. The standard InChI is InChI=1S/C13H25N3O/c1-3-4-10(2)15-13(17)9-16-7-11-5-6-14-12(11)8-16/h10-12,14H,3-9H2,1-2H3,(H,15,17)/t10?,11-,12+/m0/s1. The number of carbonyl (C=O) groups is 1. The molecular formula is C13H25N3O. The molecule has 0 aromatic carbocycles. The second-order valence-electron chi connectivity index (χ2n) is 5.56. The van der Waals surface area contributed by atoms with Gasteiger partial charge in [-0.05, 0) is 32.2 Å². The fraction of sp³-hybridized carbons (Fsp3) is 0.923. The molecule has 4 heteroatoms. The molecule has 2 aliphatic rings. The summed E-state index contributed by atoms with van der Waals surface area (Å²) in [7, 11) is 0. The Kier molecular flexibility index (Phi) is 4.40. The van der Waals surface area contributed by atoms with Gasteiger partial charge in [0.15, 0.2) is 0 Å². The van der Waals surface area contributed by atoms with Crippen LogP contribution >= 0.6 is 0 Å². The number of fused-ring (bicyclic) bond motifs is 1. The fourth-order valence-corrected chi connectivity index (χ4v) is 3.10. The van der Waals surface area contributed by atoms with Crippen LogP contribution in [0.5, 0.6) is 0 Å². The van der Waals surface area contributed by atoms with E-state index in [4.69, 9.17) is 0 Å². The van der Waals surface area contributed by atoms with Crippen molar-refractivity contribution < 1.29 is 4.79 Å². The minimum Gasteiger partial charge on any atom is -0.353 e. The van der Waals surface area contributed by atoms with Crippen LogP contribution in [0.15, 0.2) is 0 Å². The predicted molar refractivity (Wildman–Crippen MR) is 68.9 cm³/mol. The summed E-state index contributed by atoms with van der Waals surface area (Å²) >= 11 is 0. The van der Waals surface area contributed by atoms with Crippen molar-refractivity contribution in [1.29, 1.82) is 0 Å². The number of hydrogen-bond acceptors (Lipinski definition) is 3. The maximum Gasteiger partial charge on any atom is 0.234 e. The molecule has 2 heterocycles. The van der Waals surface area contributed by atoms with E-state index in [9.17, 15) is 4.79 Å². The number of likely N-dealkylation sites (tertiary alicyclic amines) is 1. The van der Waals surface area contributed by atoms with Crippen LogP contribution < -0.4 is 10.6 Å².